The fourth-order valence-corrected chi connectivity index (χ4v) is 3.78. The summed E-state index contributed by atoms with van der Waals surface area (Å²) in [5.41, 5.74) is 2.18. The number of carbonyl (C=O) groups is 1. The first-order valence-electron chi connectivity index (χ1n) is 9.32. The second kappa shape index (κ2) is 6.27. The minimum absolute atomic E-state index is 0.160. The summed E-state index contributed by atoms with van der Waals surface area (Å²) < 4.78 is 21.6. The quantitative estimate of drug-likeness (QED) is 0.802. The van der Waals surface area contributed by atoms with Crippen molar-refractivity contribution in [1.29, 1.82) is 0 Å². The van der Waals surface area contributed by atoms with Crippen molar-refractivity contribution in [2.75, 3.05) is 13.9 Å². The molecular formula is C22H20O6. The molecule has 2 aromatic carbocycles. The molecule has 1 aliphatic carbocycles. The molecule has 0 spiro atoms. The van der Waals surface area contributed by atoms with Crippen LogP contribution >= 0.6 is 0 Å². The normalized spacial score (nSPS) is 23.1. The van der Waals surface area contributed by atoms with Gasteiger partial charge in [0.1, 0.15) is 5.75 Å². The summed E-state index contributed by atoms with van der Waals surface area (Å²) in [5.74, 6) is 0.0392. The molecule has 3 aliphatic rings. The van der Waals surface area contributed by atoms with E-state index in [1.165, 1.54) is 0 Å². The van der Waals surface area contributed by atoms with Gasteiger partial charge < -0.3 is 24.1 Å². The highest BCUT2D eigenvalue weighted by molar-refractivity contribution is 6.20. The molecule has 0 bridgehead atoms. The Bertz CT molecular complexity index is 973. The lowest BCUT2D eigenvalue weighted by molar-refractivity contribution is -0.185. The van der Waals surface area contributed by atoms with E-state index in [2.05, 4.69) is 0 Å². The van der Waals surface area contributed by atoms with E-state index in [0.717, 1.165) is 12.8 Å². The van der Waals surface area contributed by atoms with E-state index in [1.807, 2.05) is 0 Å². The van der Waals surface area contributed by atoms with Crippen LogP contribution < -0.4 is 14.2 Å². The number of hydrogen-bond donors (Lipinski definition) is 1. The summed E-state index contributed by atoms with van der Waals surface area (Å²) in [5, 5.41) is 11.5. The lowest BCUT2D eigenvalue weighted by atomic mass is 9.89. The van der Waals surface area contributed by atoms with Crippen molar-refractivity contribution in [3.63, 3.8) is 0 Å². The number of benzene rings is 2. The smallest absolute Gasteiger partial charge is 0.341 e. The number of ether oxygens (including phenoxy) is 4. The van der Waals surface area contributed by atoms with Gasteiger partial charge in [0.15, 0.2) is 11.5 Å². The molecule has 1 saturated carbocycles. The topological polar surface area (TPSA) is 74.2 Å². The van der Waals surface area contributed by atoms with Crippen molar-refractivity contribution in [2.24, 2.45) is 5.92 Å². The van der Waals surface area contributed by atoms with E-state index < -0.39 is 11.8 Å². The van der Waals surface area contributed by atoms with Crippen LogP contribution in [0.5, 0.6) is 17.2 Å². The van der Waals surface area contributed by atoms with Crippen molar-refractivity contribution >= 4 is 11.5 Å². The van der Waals surface area contributed by atoms with Crippen LogP contribution in [0.25, 0.3) is 5.57 Å². The van der Waals surface area contributed by atoms with Crippen molar-refractivity contribution in [3.05, 3.63) is 59.2 Å². The second-order valence-corrected chi connectivity index (χ2v) is 7.33. The Labute approximate surface area is 162 Å². The van der Waals surface area contributed by atoms with E-state index in [9.17, 15) is 9.90 Å². The average molecular weight is 380 g/mol. The molecule has 0 amide bonds. The number of fused-ring (bicyclic) bond motifs is 1. The van der Waals surface area contributed by atoms with Gasteiger partial charge in [-0.1, -0.05) is 6.07 Å². The van der Waals surface area contributed by atoms with Crippen LogP contribution in [0.2, 0.25) is 0 Å². The molecule has 2 aromatic rings. The number of carbonyl (C=O) groups excluding carboxylic acids is 1. The SMILES string of the molecule is COc1ccc(C2(O)OC(=O)C(c3ccc4c(c3)OCO4)=C2CC2CC2)cc1. The lowest BCUT2D eigenvalue weighted by Gasteiger charge is -2.25. The van der Waals surface area contributed by atoms with E-state index in [-0.39, 0.29) is 6.79 Å². The molecule has 2 heterocycles. The molecule has 6 heteroatoms. The maximum absolute atomic E-state index is 12.9. The van der Waals surface area contributed by atoms with Gasteiger partial charge in [0.05, 0.1) is 12.7 Å². The zero-order valence-corrected chi connectivity index (χ0v) is 15.4. The Hall–Kier alpha value is -2.99. The molecule has 1 unspecified atom stereocenters. The predicted octanol–water partition coefficient (Wildman–Crippen LogP) is 3.38. The second-order valence-electron chi connectivity index (χ2n) is 7.33. The molecule has 1 fully saturated rings. The summed E-state index contributed by atoms with van der Waals surface area (Å²) in [7, 11) is 1.58. The van der Waals surface area contributed by atoms with Crippen LogP contribution in [0.1, 0.15) is 30.4 Å². The molecule has 0 aromatic heterocycles. The highest BCUT2D eigenvalue weighted by Crippen LogP contribution is 2.50. The standard InChI is InChI=1S/C22H20O6/c1-25-16-7-5-15(6-8-16)22(24)17(10-13-2-3-13)20(21(23)28-22)14-4-9-18-19(11-14)27-12-26-18/h4-9,11,13,24H,2-3,10,12H2,1H3. The van der Waals surface area contributed by atoms with E-state index in [0.29, 0.717) is 51.9 Å². The minimum atomic E-state index is -1.78. The Morgan fingerprint density at radius 3 is 2.57 bits per heavy atom. The van der Waals surface area contributed by atoms with Crippen LogP contribution in [0.15, 0.2) is 48.0 Å². The lowest BCUT2D eigenvalue weighted by Crippen LogP contribution is -2.29. The monoisotopic (exact) mass is 380 g/mol. The molecular weight excluding hydrogens is 360 g/mol. The van der Waals surface area contributed by atoms with Crippen LogP contribution in [-0.2, 0) is 15.3 Å². The van der Waals surface area contributed by atoms with Gasteiger partial charge in [0.2, 0.25) is 6.79 Å². The number of rotatable bonds is 5. The van der Waals surface area contributed by atoms with Crippen LogP contribution in [0, 0.1) is 5.92 Å². The molecule has 0 radical (unpaired) electrons. The fraction of sp³-hybridized carbons (Fsp3) is 0.318. The Balaban J connectivity index is 1.62. The zero-order chi connectivity index (χ0) is 19.3. The van der Waals surface area contributed by atoms with E-state index in [1.54, 1.807) is 49.6 Å². The molecule has 1 N–H and O–H groups in total. The fourth-order valence-electron chi connectivity index (χ4n) is 3.78. The third-order valence-electron chi connectivity index (χ3n) is 5.49. The predicted molar refractivity (Wildman–Crippen MR) is 99.8 cm³/mol. The van der Waals surface area contributed by atoms with Crippen LogP contribution in [-0.4, -0.2) is 25.0 Å². The summed E-state index contributed by atoms with van der Waals surface area (Å²) in [6.07, 6.45) is 2.79. The molecule has 144 valence electrons. The summed E-state index contributed by atoms with van der Waals surface area (Å²) in [4.78, 5) is 12.9. The van der Waals surface area contributed by atoms with E-state index in [4.69, 9.17) is 18.9 Å². The maximum atomic E-state index is 12.9. The Morgan fingerprint density at radius 2 is 1.86 bits per heavy atom. The number of aliphatic hydroxyl groups is 1. The molecule has 0 saturated heterocycles. The van der Waals surface area contributed by atoms with Gasteiger partial charge in [0, 0.05) is 11.1 Å². The Kier molecular flexibility index (Phi) is 3.84. The van der Waals surface area contributed by atoms with Crippen LogP contribution in [0.4, 0.5) is 0 Å². The maximum Gasteiger partial charge on any atom is 0.341 e. The zero-order valence-electron chi connectivity index (χ0n) is 15.4. The molecule has 6 nitrogen and oxygen atoms in total. The van der Waals surface area contributed by atoms with Crippen molar-refractivity contribution < 1.29 is 28.8 Å². The van der Waals surface area contributed by atoms with Gasteiger partial charge in [0.25, 0.3) is 5.79 Å². The first kappa shape index (κ1) is 17.1. The third kappa shape index (κ3) is 2.72. The van der Waals surface area contributed by atoms with Gasteiger partial charge in [-0.3, -0.25) is 0 Å². The molecule has 2 aliphatic heterocycles. The van der Waals surface area contributed by atoms with Crippen molar-refractivity contribution in [1.82, 2.24) is 0 Å². The summed E-state index contributed by atoms with van der Waals surface area (Å²) >= 11 is 0. The first-order valence-corrected chi connectivity index (χ1v) is 9.32. The number of cyclic esters (lactones) is 1. The highest BCUT2D eigenvalue weighted by Gasteiger charge is 2.49. The third-order valence-corrected chi connectivity index (χ3v) is 5.49. The van der Waals surface area contributed by atoms with Gasteiger partial charge in [-0.2, -0.15) is 0 Å². The first-order chi connectivity index (χ1) is 13.6. The molecule has 5 rings (SSSR count). The Morgan fingerprint density at radius 1 is 1.11 bits per heavy atom. The number of hydrogen-bond acceptors (Lipinski definition) is 6. The number of esters is 1. The highest BCUT2D eigenvalue weighted by atomic mass is 16.7. The minimum Gasteiger partial charge on any atom is -0.497 e. The summed E-state index contributed by atoms with van der Waals surface area (Å²) in [6, 6.07) is 12.3. The van der Waals surface area contributed by atoms with Crippen molar-refractivity contribution in [3.8, 4) is 17.2 Å². The van der Waals surface area contributed by atoms with Crippen LogP contribution in [0.3, 0.4) is 0 Å². The summed E-state index contributed by atoms with van der Waals surface area (Å²) in [6.45, 7) is 0.160. The largest absolute Gasteiger partial charge is 0.497 e. The van der Waals surface area contributed by atoms with Crippen molar-refractivity contribution in [2.45, 2.75) is 25.0 Å². The van der Waals surface area contributed by atoms with Gasteiger partial charge >= 0.3 is 5.97 Å². The van der Waals surface area contributed by atoms with Gasteiger partial charge in [-0.25, -0.2) is 4.79 Å². The molecule has 1 atom stereocenters. The van der Waals surface area contributed by atoms with Gasteiger partial charge in [-0.05, 0) is 67.1 Å². The van der Waals surface area contributed by atoms with Gasteiger partial charge in [-0.15, -0.1) is 0 Å². The number of methoxy groups -OCH3 is 1. The average Bonchev–Trinajstić information content (AvgIpc) is 3.33. The van der Waals surface area contributed by atoms with E-state index >= 15 is 0 Å². The molecule has 28 heavy (non-hydrogen) atoms.